The fourth-order valence-electron chi connectivity index (χ4n) is 2.02. The van der Waals surface area contributed by atoms with Crippen molar-refractivity contribution in [1.29, 1.82) is 0 Å². The van der Waals surface area contributed by atoms with Gasteiger partial charge in [0.25, 0.3) is 0 Å². The summed E-state index contributed by atoms with van der Waals surface area (Å²) in [4.78, 5) is 2.84. The summed E-state index contributed by atoms with van der Waals surface area (Å²) >= 11 is 5.38. The van der Waals surface area contributed by atoms with Gasteiger partial charge in [-0.05, 0) is 49.1 Å². The van der Waals surface area contributed by atoms with Crippen LogP contribution in [0.15, 0.2) is 40.9 Å². The Bertz CT molecular complexity index is 507. The molecule has 1 aromatic carbocycles. The molecule has 0 radical (unpaired) electrons. The second kappa shape index (κ2) is 6.50. The molecule has 0 aliphatic heterocycles. The molecule has 2 rings (SSSR count). The molecule has 96 valence electrons. The Morgan fingerprint density at radius 1 is 1.17 bits per heavy atom. The van der Waals surface area contributed by atoms with Crippen LogP contribution in [0.4, 0.5) is 0 Å². The van der Waals surface area contributed by atoms with E-state index in [1.807, 2.05) is 17.4 Å². The van der Waals surface area contributed by atoms with Crippen LogP contribution in [0, 0.1) is 0 Å². The van der Waals surface area contributed by atoms with Gasteiger partial charge < -0.3 is 5.73 Å². The Labute approximate surface area is 121 Å². The molecule has 2 N–H and O–H groups in total. The Balaban J connectivity index is 1.94. The minimum atomic E-state index is 0.197. The highest BCUT2D eigenvalue weighted by atomic mass is 79.9. The van der Waals surface area contributed by atoms with Gasteiger partial charge in [0.1, 0.15) is 0 Å². The van der Waals surface area contributed by atoms with Gasteiger partial charge in [-0.15, -0.1) is 11.3 Å². The molecule has 3 heteroatoms. The highest BCUT2D eigenvalue weighted by Gasteiger charge is 2.07. The predicted octanol–water partition coefficient (Wildman–Crippen LogP) is 4.19. The molecule has 0 saturated carbocycles. The van der Waals surface area contributed by atoms with E-state index in [1.54, 1.807) is 0 Å². The Hall–Kier alpha value is -0.640. The number of thiophene rings is 1. The van der Waals surface area contributed by atoms with E-state index in [0.29, 0.717) is 0 Å². The molecule has 1 heterocycles. The van der Waals surface area contributed by atoms with Crippen molar-refractivity contribution < 1.29 is 0 Å². The fraction of sp³-hybridized carbons (Fsp3) is 0.333. The van der Waals surface area contributed by atoms with Gasteiger partial charge in [0.15, 0.2) is 0 Å². The summed E-state index contributed by atoms with van der Waals surface area (Å²) in [5.74, 6) is 0. The van der Waals surface area contributed by atoms with Crippen LogP contribution < -0.4 is 5.73 Å². The van der Waals surface area contributed by atoms with Gasteiger partial charge in [0.2, 0.25) is 0 Å². The number of aryl methyl sites for hydroxylation is 1. The second-order valence-electron chi connectivity index (χ2n) is 4.52. The van der Waals surface area contributed by atoms with Crippen LogP contribution in [-0.4, -0.2) is 6.04 Å². The Morgan fingerprint density at radius 2 is 1.94 bits per heavy atom. The van der Waals surface area contributed by atoms with Crippen molar-refractivity contribution in [2.24, 2.45) is 5.73 Å². The zero-order valence-electron chi connectivity index (χ0n) is 10.5. The van der Waals surface area contributed by atoms with Gasteiger partial charge in [-0.1, -0.05) is 35.0 Å². The second-order valence-corrected chi connectivity index (χ2v) is 6.69. The first-order valence-electron chi connectivity index (χ1n) is 6.25. The molecule has 1 aromatic heterocycles. The highest BCUT2D eigenvalue weighted by Crippen LogP contribution is 2.19. The summed E-state index contributed by atoms with van der Waals surface area (Å²) in [6, 6.07) is 13.0. The van der Waals surface area contributed by atoms with Crippen molar-refractivity contribution in [3.63, 3.8) is 0 Å². The lowest BCUT2D eigenvalue weighted by atomic mass is 10.0. The minimum Gasteiger partial charge on any atom is -0.327 e. The van der Waals surface area contributed by atoms with E-state index < -0.39 is 0 Å². The molecule has 0 aliphatic rings. The molecule has 0 spiro atoms. The van der Waals surface area contributed by atoms with E-state index >= 15 is 0 Å². The molecule has 1 unspecified atom stereocenters. The zero-order chi connectivity index (χ0) is 13.0. The average Bonchev–Trinajstić information content (AvgIpc) is 2.76. The van der Waals surface area contributed by atoms with Crippen molar-refractivity contribution in [3.05, 3.63) is 56.2 Å². The number of rotatable bonds is 5. The van der Waals surface area contributed by atoms with E-state index in [9.17, 15) is 0 Å². The van der Waals surface area contributed by atoms with Gasteiger partial charge >= 0.3 is 0 Å². The van der Waals surface area contributed by atoms with Crippen LogP contribution in [0.3, 0.4) is 0 Å². The molecule has 2 aromatic rings. The highest BCUT2D eigenvalue weighted by molar-refractivity contribution is 9.10. The summed E-state index contributed by atoms with van der Waals surface area (Å²) in [5, 5.41) is 0. The monoisotopic (exact) mass is 323 g/mol. The molecule has 18 heavy (non-hydrogen) atoms. The molecule has 0 bridgehead atoms. The van der Waals surface area contributed by atoms with Gasteiger partial charge in [-0.2, -0.15) is 0 Å². The summed E-state index contributed by atoms with van der Waals surface area (Å²) in [5.41, 5.74) is 7.53. The van der Waals surface area contributed by atoms with E-state index in [-0.39, 0.29) is 6.04 Å². The van der Waals surface area contributed by atoms with Crippen LogP contribution in [0.2, 0.25) is 0 Å². The molecule has 1 nitrogen and oxygen atoms in total. The SMILES string of the molecule is CCc1ccc(CC(N)Cc2cccc(Br)c2)s1. The maximum atomic E-state index is 6.23. The molecule has 0 fully saturated rings. The van der Waals surface area contributed by atoms with Crippen molar-refractivity contribution in [1.82, 2.24) is 0 Å². The molecule has 0 amide bonds. The summed E-state index contributed by atoms with van der Waals surface area (Å²) in [7, 11) is 0. The van der Waals surface area contributed by atoms with Crippen LogP contribution in [0.5, 0.6) is 0 Å². The van der Waals surface area contributed by atoms with Crippen LogP contribution in [-0.2, 0) is 19.3 Å². The van der Waals surface area contributed by atoms with Gasteiger partial charge in [0, 0.05) is 20.3 Å². The first kappa shape index (κ1) is 13.8. The molecule has 0 saturated heterocycles. The fourth-order valence-corrected chi connectivity index (χ4v) is 3.52. The first-order chi connectivity index (χ1) is 8.67. The summed E-state index contributed by atoms with van der Waals surface area (Å²) in [6.45, 7) is 2.19. The third-order valence-corrected chi connectivity index (χ3v) is 4.66. The Kier molecular flexibility index (Phi) is 4.98. The lowest BCUT2D eigenvalue weighted by Crippen LogP contribution is -2.25. The van der Waals surface area contributed by atoms with Gasteiger partial charge in [-0.3, -0.25) is 0 Å². The average molecular weight is 324 g/mol. The summed E-state index contributed by atoms with van der Waals surface area (Å²) in [6.07, 6.45) is 3.02. The predicted molar refractivity (Wildman–Crippen MR) is 83.2 cm³/mol. The van der Waals surface area contributed by atoms with E-state index in [2.05, 4.69) is 53.2 Å². The van der Waals surface area contributed by atoms with Crippen molar-refractivity contribution >= 4 is 27.3 Å². The minimum absolute atomic E-state index is 0.197. The third kappa shape index (κ3) is 3.94. The maximum absolute atomic E-state index is 6.23. The smallest absolute Gasteiger partial charge is 0.0178 e. The normalized spacial score (nSPS) is 12.6. The van der Waals surface area contributed by atoms with Crippen LogP contribution in [0.25, 0.3) is 0 Å². The quantitative estimate of drug-likeness (QED) is 0.877. The van der Waals surface area contributed by atoms with E-state index in [0.717, 1.165) is 23.7 Å². The lowest BCUT2D eigenvalue weighted by molar-refractivity contribution is 0.670. The first-order valence-corrected chi connectivity index (χ1v) is 7.86. The standard InChI is InChI=1S/C15H18BrNS/c1-2-14-6-7-15(18-14)10-13(17)9-11-4-3-5-12(16)8-11/h3-8,13H,2,9-10,17H2,1H3. The van der Waals surface area contributed by atoms with Crippen molar-refractivity contribution in [2.45, 2.75) is 32.2 Å². The van der Waals surface area contributed by atoms with Gasteiger partial charge in [-0.25, -0.2) is 0 Å². The number of halogens is 1. The summed E-state index contributed by atoms with van der Waals surface area (Å²) < 4.78 is 1.12. The van der Waals surface area contributed by atoms with E-state index in [4.69, 9.17) is 5.73 Å². The third-order valence-electron chi connectivity index (χ3n) is 2.92. The van der Waals surface area contributed by atoms with Crippen molar-refractivity contribution in [3.8, 4) is 0 Å². The molecular formula is C15H18BrNS. The molecule has 0 aliphatic carbocycles. The van der Waals surface area contributed by atoms with Crippen LogP contribution >= 0.6 is 27.3 Å². The van der Waals surface area contributed by atoms with Crippen LogP contribution in [0.1, 0.15) is 22.2 Å². The number of hydrogen-bond donors (Lipinski definition) is 1. The zero-order valence-corrected chi connectivity index (χ0v) is 12.9. The number of benzene rings is 1. The van der Waals surface area contributed by atoms with Gasteiger partial charge in [0.05, 0.1) is 0 Å². The molecular weight excluding hydrogens is 306 g/mol. The topological polar surface area (TPSA) is 26.0 Å². The Morgan fingerprint density at radius 3 is 2.61 bits per heavy atom. The van der Waals surface area contributed by atoms with Crippen molar-refractivity contribution in [2.75, 3.05) is 0 Å². The number of nitrogens with two attached hydrogens (primary N) is 1. The van der Waals surface area contributed by atoms with E-state index in [1.165, 1.54) is 15.3 Å². The lowest BCUT2D eigenvalue weighted by Gasteiger charge is -2.10. The largest absolute Gasteiger partial charge is 0.327 e. The maximum Gasteiger partial charge on any atom is 0.0178 e. The number of hydrogen-bond acceptors (Lipinski definition) is 2. The molecule has 1 atom stereocenters.